The van der Waals surface area contributed by atoms with Gasteiger partial charge in [-0.1, -0.05) is 18.2 Å². The molecule has 1 saturated carbocycles. The topological polar surface area (TPSA) is 109 Å². The van der Waals surface area contributed by atoms with Crippen LogP contribution in [0.4, 0.5) is 11.6 Å². The van der Waals surface area contributed by atoms with Crippen molar-refractivity contribution in [2.24, 2.45) is 5.41 Å². The summed E-state index contributed by atoms with van der Waals surface area (Å²) in [6.45, 7) is 2.28. The molecule has 7 heteroatoms. The molecule has 0 amide bonds. The Morgan fingerprint density at radius 2 is 1.69 bits per heavy atom. The Hall–Kier alpha value is -3.45. The fourth-order valence-corrected chi connectivity index (χ4v) is 4.61. The molecule has 0 radical (unpaired) electrons. The van der Waals surface area contributed by atoms with Crippen molar-refractivity contribution >= 4 is 17.3 Å². The van der Waals surface area contributed by atoms with Gasteiger partial charge in [0.1, 0.15) is 29.5 Å². The molecular formula is C25H28N6O. The van der Waals surface area contributed by atoms with E-state index >= 15 is 0 Å². The summed E-state index contributed by atoms with van der Waals surface area (Å²) in [6, 6.07) is 17.4. The summed E-state index contributed by atoms with van der Waals surface area (Å²) in [5, 5.41) is 15.8. The van der Waals surface area contributed by atoms with Gasteiger partial charge in [-0.2, -0.15) is 0 Å². The number of para-hydroxylation sites is 1. The summed E-state index contributed by atoms with van der Waals surface area (Å²) < 4.78 is 5.86. The minimum Gasteiger partial charge on any atom is -0.457 e. The molecule has 0 unspecified atom stereocenters. The number of rotatable bonds is 6. The molecule has 1 saturated heterocycles. The van der Waals surface area contributed by atoms with Gasteiger partial charge in [0.15, 0.2) is 0 Å². The van der Waals surface area contributed by atoms with Crippen LogP contribution in [0.15, 0.2) is 60.9 Å². The smallest absolute Gasteiger partial charge is 0.141 e. The van der Waals surface area contributed by atoms with E-state index in [1.54, 1.807) is 0 Å². The highest BCUT2D eigenvalue weighted by molar-refractivity contribution is 6.16. The number of ether oxygens (including phenoxy) is 1. The van der Waals surface area contributed by atoms with Crippen LogP contribution in [0.25, 0.3) is 0 Å². The van der Waals surface area contributed by atoms with Crippen molar-refractivity contribution in [3.63, 3.8) is 0 Å². The number of anilines is 2. The Kier molecular flexibility index (Phi) is 5.49. The van der Waals surface area contributed by atoms with Gasteiger partial charge in [0.25, 0.3) is 0 Å². The van der Waals surface area contributed by atoms with Gasteiger partial charge < -0.3 is 21.1 Å². The highest BCUT2D eigenvalue weighted by Crippen LogP contribution is 2.40. The summed E-state index contributed by atoms with van der Waals surface area (Å²) in [5.41, 5.74) is 8.29. The Morgan fingerprint density at radius 1 is 1.00 bits per heavy atom. The third-order valence-electron chi connectivity index (χ3n) is 6.64. The molecule has 1 spiro atoms. The summed E-state index contributed by atoms with van der Waals surface area (Å²) >= 11 is 0. The lowest BCUT2D eigenvalue weighted by molar-refractivity contribution is 0.102. The van der Waals surface area contributed by atoms with Gasteiger partial charge in [0, 0.05) is 24.7 Å². The van der Waals surface area contributed by atoms with E-state index in [4.69, 9.17) is 15.9 Å². The van der Waals surface area contributed by atoms with Crippen LogP contribution < -0.4 is 21.1 Å². The zero-order chi connectivity index (χ0) is 22.0. The molecule has 2 aliphatic rings. The van der Waals surface area contributed by atoms with Gasteiger partial charge in [0.2, 0.25) is 0 Å². The second kappa shape index (κ2) is 8.59. The van der Waals surface area contributed by atoms with E-state index < -0.39 is 0 Å². The van der Waals surface area contributed by atoms with Crippen molar-refractivity contribution in [1.29, 1.82) is 5.41 Å². The zero-order valence-electron chi connectivity index (χ0n) is 18.0. The molecule has 1 aliphatic carbocycles. The van der Waals surface area contributed by atoms with Crippen molar-refractivity contribution in [2.75, 3.05) is 24.1 Å². The Morgan fingerprint density at radius 3 is 2.34 bits per heavy atom. The summed E-state index contributed by atoms with van der Waals surface area (Å²) in [6.07, 6.45) is 6.10. The fraction of sp³-hybridized carbons (Fsp3) is 0.320. The van der Waals surface area contributed by atoms with Crippen LogP contribution in [0.5, 0.6) is 11.5 Å². The fourth-order valence-electron chi connectivity index (χ4n) is 4.61. The molecule has 164 valence electrons. The number of hydrogen-bond donors (Lipinski definition) is 4. The Balaban J connectivity index is 1.31. The molecule has 2 aromatic carbocycles. The van der Waals surface area contributed by atoms with Gasteiger partial charge in [-0.25, -0.2) is 9.97 Å². The summed E-state index contributed by atoms with van der Waals surface area (Å²) in [4.78, 5) is 8.60. The first kappa shape index (κ1) is 20.5. The van der Waals surface area contributed by atoms with Crippen molar-refractivity contribution in [3.8, 4) is 11.5 Å². The second-order valence-electron chi connectivity index (χ2n) is 8.82. The van der Waals surface area contributed by atoms with Crippen LogP contribution in [0.3, 0.4) is 0 Å². The van der Waals surface area contributed by atoms with E-state index in [1.807, 2.05) is 54.6 Å². The molecule has 2 fully saturated rings. The average molecular weight is 429 g/mol. The van der Waals surface area contributed by atoms with Gasteiger partial charge in [-0.05, 0) is 67.5 Å². The lowest BCUT2D eigenvalue weighted by Crippen LogP contribution is -2.55. The maximum atomic E-state index is 8.81. The summed E-state index contributed by atoms with van der Waals surface area (Å²) in [5.74, 6) is 2.44. The van der Waals surface area contributed by atoms with Crippen molar-refractivity contribution in [1.82, 2.24) is 15.3 Å². The van der Waals surface area contributed by atoms with Crippen molar-refractivity contribution in [2.45, 2.75) is 31.7 Å². The van der Waals surface area contributed by atoms with E-state index in [9.17, 15) is 0 Å². The van der Waals surface area contributed by atoms with Gasteiger partial charge in [-0.15, -0.1) is 0 Å². The third kappa shape index (κ3) is 4.16. The first-order valence-corrected chi connectivity index (χ1v) is 11.1. The van der Waals surface area contributed by atoms with Gasteiger partial charge in [0.05, 0.1) is 11.3 Å². The van der Waals surface area contributed by atoms with Crippen LogP contribution >= 0.6 is 0 Å². The lowest BCUT2D eigenvalue weighted by atomic mass is 9.68. The maximum absolute atomic E-state index is 8.81. The van der Waals surface area contributed by atoms with Crippen LogP contribution in [0.1, 0.15) is 36.8 Å². The summed E-state index contributed by atoms with van der Waals surface area (Å²) in [7, 11) is 0. The van der Waals surface area contributed by atoms with E-state index in [1.165, 1.54) is 19.2 Å². The highest BCUT2D eigenvalue weighted by atomic mass is 16.5. The van der Waals surface area contributed by atoms with Crippen LogP contribution in [0, 0.1) is 10.8 Å². The minimum atomic E-state index is 0.298. The highest BCUT2D eigenvalue weighted by Gasteiger charge is 2.40. The number of benzene rings is 2. The quantitative estimate of drug-likeness (QED) is 0.438. The average Bonchev–Trinajstić information content (AvgIpc) is 2.80. The van der Waals surface area contributed by atoms with Gasteiger partial charge in [-0.3, -0.25) is 5.41 Å². The number of aromatic nitrogens is 2. The lowest BCUT2D eigenvalue weighted by Gasteiger charge is -2.47. The molecule has 5 rings (SSSR count). The normalized spacial score (nSPS) is 17.5. The number of nitrogens with one attached hydrogen (secondary N) is 3. The zero-order valence-corrected chi connectivity index (χ0v) is 18.0. The molecule has 3 aromatic rings. The molecule has 5 N–H and O–H groups in total. The molecule has 2 heterocycles. The molecule has 1 aliphatic heterocycles. The number of hydrogen-bond acceptors (Lipinski definition) is 7. The second-order valence-corrected chi connectivity index (χ2v) is 8.82. The van der Waals surface area contributed by atoms with Crippen LogP contribution in [0.2, 0.25) is 0 Å². The molecule has 0 bridgehead atoms. The number of nitrogens with zero attached hydrogens (tertiary/aromatic N) is 2. The van der Waals surface area contributed by atoms with E-state index in [0.29, 0.717) is 40.1 Å². The monoisotopic (exact) mass is 428 g/mol. The standard InChI is InChI=1S/C25H28N6O/c26-22(17-6-8-20(9-7-17)32-19-4-2-1-3-5-19)21-23(27)29-16-30-24(21)31-18-10-12-25(13-11-18)14-28-15-25/h1-9,16,18,26,28H,10-15H2,(H3,27,29,30,31). The molecular weight excluding hydrogens is 400 g/mol. The van der Waals surface area contributed by atoms with E-state index in [2.05, 4.69) is 20.6 Å². The predicted molar refractivity (Wildman–Crippen MR) is 127 cm³/mol. The van der Waals surface area contributed by atoms with Crippen LogP contribution in [-0.2, 0) is 0 Å². The SMILES string of the molecule is N=C(c1ccc(Oc2ccccc2)cc1)c1c(N)ncnc1NC1CCC2(CC1)CNC2. The Labute approximate surface area is 187 Å². The molecule has 0 atom stereocenters. The third-order valence-corrected chi connectivity index (χ3v) is 6.64. The number of nitrogens with two attached hydrogens (primary N) is 1. The maximum Gasteiger partial charge on any atom is 0.141 e. The van der Waals surface area contributed by atoms with Crippen molar-refractivity contribution in [3.05, 3.63) is 72.1 Å². The Bertz CT molecular complexity index is 1090. The van der Waals surface area contributed by atoms with Gasteiger partial charge >= 0.3 is 0 Å². The van der Waals surface area contributed by atoms with Crippen LogP contribution in [-0.4, -0.2) is 34.8 Å². The molecule has 32 heavy (non-hydrogen) atoms. The molecule has 7 nitrogen and oxygen atoms in total. The van der Waals surface area contributed by atoms with E-state index in [-0.39, 0.29) is 0 Å². The number of nitrogen functional groups attached to an aromatic ring is 1. The van der Waals surface area contributed by atoms with E-state index in [0.717, 1.165) is 37.2 Å². The first-order valence-electron chi connectivity index (χ1n) is 11.1. The van der Waals surface area contributed by atoms with Crippen molar-refractivity contribution < 1.29 is 4.74 Å². The minimum absolute atomic E-state index is 0.298. The predicted octanol–water partition coefficient (Wildman–Crippen LogP) is 4.21. The first-order chi connectivity index (χ1) is 15.6. The largest absolute Gasteiger partial charge is 0.457 e. The molecule has 1 aromatic heterocycles.